The summed E-state index contributed by atoms with van der Waals surface area (Å²) in [5.41, 5.74) is 2.29. The maximum absolute atomic E-state index is 4.13. The molecule has 1 unspecified atom stereocenters. The second kappa shape index (κ2) is 4.70. The first-order valence-electron chi connectivity index (χ1n) is 5.16. The van der Waals surface area contributed by atoms with Gasteiger partial charge in [-0.05, 0) is 24.6 Å². The zero-order valence-corrected chi connectivity index (χ0v) is 10.9. The van der Waals surface area contributed by atoms with Gasteiger partial charge in [0.05, 0.1) is 11.9 Å². The molecule has 1 aromatic carbocycles. The van der Waals surface area contributed by atoms with Crippen LogP contribution in [-0.2, 0) is 7.05 Å². The summed E-state index contributed by atoms with van der Waals surface area (Å²) in [5.74, 6) is 0. The lowest BCUT2D eigenvalue weighted by molar-refractivity contribution is 0.767. The number of rotatable bonds is 3. The van der Waals surface area contributed by atoms with Crippen molar-refractivity contribution in [3.05, 3.63) is 46.7 Å². The monoisotopic (exact) mass is 279 g/mol. The number of aryl methyl sites for hydroxylation is 1. The maximum atomic E-state index is 4.13. The van der Waals surface area contributed by atoms with Crippen LogP contribution in [0.4, 0.5) is 5.69 Å². The fourth-order valence-electron chi connectivity index (χ4n) is 1.61. The summed E-state index contributed by atoms with van der Waals surface area (Å²) in [4.78, 5) is 0. The Kier molecular flexibility index (Phi) is 3.29. The Hall–Kier alpha value is -1.29. The molecular formula is C12H14BrN3. The van der Waals surface area contributed by atoms with Gasteiger partial charge in [0.15, 0.2) is 0 Å². The fourth-order valence-corrected chi connectivity index (χ4v) is 2.02. The summed E-state index contributed by atoms with van der Waals surface area (Å²) in [5, 5.41) is 7.53. The van der Waals surface area contributed by atoms with Crippen LogP contribution in [0.25, 0.3) is 0 Å². The van der Waals surface area contributed by atoms with Crippen LogP contribution in [-0.4, -0.2) is 9.78 Å². The molecule has 0 aliphatic carbocycles. The SMILES string of the molecule is CC(Nc1cnn(C)c1)c1cccc(Br)c1. The van der Waals surface area contributed by atoms with Crippen molar-refractivity contribution >= 4 is 21.6 Å². The summed E-state index contributed by atoms with van der Waals surface area (Å²) in [6.07, 6.45) is 3.79. The first kappa shape index (κ1) is 11.2. The average Bonchev–Trinajstić information content (AvgIpc) is 2.64. The first-order valence-corrected chi connectivity index (χ1v) is 5.95. The number of aromatic nitrogens is 2. The van der Waals surface area contributed by atoms with E-state index in [1.54, 1.807) is 4.68 Å². The van der Waals surface area contributed by atoms with E-state index in [9.17, 15) is 0 Å². The molecule has 1 heterocycles. The molecule has 0 spiro atoms. The molecule has 0 aliphatic rings. The number of anilines is 1. The highest BCUT2D eigenvalue weighted by molar-refractivity contribution is 9.10. The zero-order chi connectivity index (χ0) is 11.5. The van der Waals surface area contributed by atoms with Gasteiger partial charge >= 0.3 is 0 Å². The maximum Gasteiger partial charge on any atom is 0.0731 e. The van der Waals surface area contributed by atoms with E-state index < -0.39 is 0 Å². The van der Waals surface area contributed by atoms with E-state index in [2.05, 4.69) is 45.4 Å². The van der Waals surface area contributed by atoms with Gasteiger partial charge in [0.2, 0.25) is 0 Å². The van der Waals surface area contributed by atoms with Crippen molar-refractivity contribution in [3.63, 3.8) is 0 Å². The van der Waals surface area contributed by atoms with Crippen LogP contribution in [0.15, 0.2) is 41.1 Å². The Bertz CT molecular complexity index is 479. The molecule has 1 aromatic heterocycles. The Balaban J connectivity index is 2.11. The van der Waals surface area contributed by atoms with Gasteiger partial charge in [0.25, 0.3) is 0 Å². The molecular weight excluding hydrogens is 266 g/mol. The lowest BCUT2D eigenvalue weighted by Gasteiger charge is -2.14. The van der Waals surface area contributed by atoms with Gasteiger partial charge in [-0.3, -0.25) is 4.68 Å². The van der Waals surface area contributed by atoms with Crippen LogP contribution < -0.4 is 5.32 Å². The number of hydrogen-bond acceptors (Lipinski definition) is 2. The van der Waals surface area contributed by atoms with Crippen LogP contribution in [0, 0.1) is 0 Å². The molecule has 2 aromatic rings. The summed E-state index contributed by atoms with van der Waals surface area (Å²) >= 11 is 3.48. The van der Waals surface area contributed by atoms with Crippen LogP contribution in [0.2, 0.25) is 0 Å². The third-order valence-electron chi connectivity index (χ3n) is 2.44. The minimum absolute atomic E-state index is 0.265. The second-order valence-corrected chi connectivity index (χ2v) is 4.74. The molecule has 4 heteroatoms. The molecule has 0 aliphatic heterocycles. The summed E-state index contributed by atoms with van der Waals surface area (Å²) in [7, 11) is 1.91. The van der Waals surface area contributed by atoms with Crippen molar-refractivity contribution in [1.29, 1.82) is 0 Å². The normalized spacial score (nSPS) is 12.4. The van der Waals surface area contributed by atoms with Crippen molar-refractivity contribution in [2.45, 2.75) is 13.0 Å². The van der Waals surface area contributed by atoms with Gasteiger partial charge < -0.3 is 5.32 Å². The molecule has 0 radical (unpaired) electrons. The van der Waals surface area contributed by atoms with E-state index in [0.29, 0.717) is 0 Å². The highest BCUT2D eigenvalue weighted by Crippen LogP contribution is 2.21. The smallest absolute Gasteiger partial charge is 0.0731 e. The topological polar surface area (TPSA) is 29.9 Å². The standard InChI is InChI=1S/C12H14BrN3/c1-9(10-4-3-5-11(13)6-10)15-12-7-14-16(2)8-12/h3-9,15H,1-2H3. The number of nitrogens with zero attached hydrogens (tertiary/aromatic N) is 2. The van der Waals surface area contributed by atoms with Gasteiger partial charge in [-0.2, -0.15) is 5.10 Å². The Morgan fingerprint density at radius 3 is 2.88 bits per heavy atom. The van der Waals surface area contributed by atoms with Crippen molar-refractivity contribution in [2.24, 2.45) is 7.05 Å². The van der Waals surface area contributed by atoms with E-state index in [1.807, 2.05) is 31.6 Å². The Morgan fingerprint density at radius 2 is 2.25 bits per heavy atom. The minimum atomic E-state index is 0.265. The first-order chi connectivity index (χ1) is 7.65. The summed E-state index contributed by atoms with van der Waals surface area (Å²) < 4.78 is 2.89. The summed E-state index contributed by atoms with van der Waals surface area (Å²) in [6, 6.07) is 8.57. The molecule has 0 bridgehead atoms. The zero-order valence-electron chi connectivity index (χ0n) is 9.31. The Morgan fingerprint density at radius 1 is 1.44 bits per heavy atom. The third kappa shape index (κ3) is 2.64. The van der Waals surface area contributed by atoms with Gasteiger partial charge in [-0.15, -0.1) is 0 Å². The predicted molar refractivity (Wildman–Crippen MR) is 69.4 cm³/mol. The second-order valence-electron chi connectivity index (χ2n) is 3.82. The molecule has 1 atom stereocenters. The van der Waals surface area contributed by atoms with Crippen LogP contribution >= 0.6 is 15.9 Å². The van der Waals surface area contributed by atoms with Crippen molar-refractivity contribution < 1.29 is 0 Å². The third-order valence-corrected chi connectivity index (χ3v) is 2.93. The molecule has 0 saturated heterocycles. The van der Waals surface area contributed by atoms with E-state index in [1.165, 1.54) is 5.56 Å². The van der Waals surface area contributed by atoms with Gasteiger partial charge in [-0.1, -0.05) is 28.1 Å². The summed E-state index contributed by atoms with van der Waals surface area (Å²) in [6.45, 7) is 2.13. The molecule has 2 rings (SSSR count). The van der Waals surface area contributed by atoms with Crippen molar-refractivity contribution in [3.8, 4) is 0 Å². The lowest BCUT2D eigenvalue weighted by atomic mass is 10.1. The van der Waals surface area contributed by atoms with Crippen molar-refractivity contribution in [2.75, 3.05) is 5.32 Å². The molecule has 3 nitrogen and oxygen atoms in total. The molecule has 1 N–H and O–H groups in total. The van der Waals surface area contributed by atoms with Crippen LogP contribution in [0.3, 0.4) is 0 Å². The quantitative estimate of drug-likeness (QED) is 0.934. The average molecular weight is 280 g/mol. The van der Waals surface area contributed by atoms with E-state index in [-0.39, 0.29) is 6.04 Å². The minimum Gasteiger partial charge on any atom is -0.376 e. The van der Waals surface area contributed by atoms with Gasteiger partial charge in [0, 0.05) is 23.8 Å². The van der Waals surface area contributed by atoms with Crippen LogP contribution in [0.1, 0.15) is 18.5 Å². The highest BCUT2D eigenvalue weighted by atomic mass is 79.9. The number of nitrogens with one attached hydrogen (secondary N) is 1. The molecule has 84 valence electrons. The number of halogens is 1. The molecule has 0 amide bonds. The molecule has 0 fully saturated rings. The van der Waals surface area contributed by atoms with E-state index in [4.69, 9.17) is 0 Å². The fraction of sp³-hybridized carbons (Fsp3) is 0.250. The van der Waals surface area contributed by atoms with Crippen LogP contribution in [0.5, 0.6) is 0 Å². The largest absolute Gasteiger partial charge is 0.376 e. The van der Waals surface area contributed by atoms with E-state index >= 15 is 0 Å². The number of benzene rings is 1. The van der Waals surface area contributed by atoms with Crippen molar-refractivity contribution in [1.82, 2.24) is 9.78 Å². The van der Waals surface area contributed by atoms with E-state index in [0.717, 1.165) is 10.2 Å². The lowest BCUT2D eigenvalue weighted by Crippen LogP contribution is -2.05. The predicted octanol–water partition coefficient (Wildman–Crippen LogP) is 3.36. The van der Waals surface area contributed by atoms with Gasteiger partial charge in [-0.25, -0.2) is 0 Å². The number of hydrogen-bond donors (Lipinski definition) is 1. The molecule has 0 saturated carbocycles. The molecule has 16 heavy (non-hydrogen) atoms. The highest BCUT2D eigenvalue weighted by Gasteiger charge is 2.06. The van der Waals surface area contributed by atoms with Gasteiger partial charge in [0.1, 0.15) is 0 Å². The Labute approximate surface area is 104 Å².